The van der Waals surface area contributed by atoms with E-state index in [1.165, 1.54) is 5.56 Å². The molecule has 1 amide bonds. The van der Waals surface area contributed by atoms with Gasteiger partial charge in [0.2, 0.25) is 11.8 Å². The molecule has 0 saturated carbocycles. The summed E-state index contributed by atoms with van der Waals surface area (Å²) >= 11 is 5.88. The lowest BCUT2D eigenvalue weighted by Crippen LogP contribution is -2.48. The lowest BCUT2D eigenvalue weighted by atomic mass is 10.1. The van der Waals surface area contributed by atoms with Gasteiger partial charge < -0.3 is 14.2 Å². The largest absolute Gasteiger partial charge is 0.408 e. The molecule has 7 heteroatoms. The molecule has 0 radical (unpaired) electrons. The molecule has 1 aliphatic heterocycles. The van der Waals surface area contributed by atoms with Gasteiger partial charge in [0.25, 0.3) is 0 Å². The summed E-state index contributed by atoms with van der Waals surface area (Å²) in [5.74, 6) is 0.865. The Bertz CT molecular complexity index is 693. The summed E-state index contributed by atoms with van der Waals surface area (Å²) < 4.78 is 5.58. The zero-order chi connectivity index (χ0) is 17.6. The van der Waals surface area contributed by atoms with Gasteiger partial charge in [-0.3, -0.25) is 4.79 Å². The first kappa shape index (κ1) is 17.7. The van der Waals surface area contributed by atoms with Crippen molar-refractivity contribution in [3.8, 4) is 0 Å². The first-order chi connectivity index (χ1) is 12.2. The average Bonchev–Trinajstić information content (AvgIpc) is 3.13. The smallest absolute Gasteiger partial charge is 0.318 e. The highest BCUT2D eigenvalue weighted by Crippen LogP contribution is 2.16. The third kappa shape index (κ3) is 4.72. The van der Waals surface area contributed by atoms with Gasteiger partial charge in [0.1, 0.15) is 0 Å². The molecule has 0 aliphatic carbocycles. The number of nitrogens with zero attached hydrogens (tertiary/aromatic N) is 4. The van der Waals surface area contributed by atoms with E-state index in [0.717, 1.165) is 37.4 Å². The van der Waals surface area contributed by atoms with Gasteiger partial charge in [0.15, 0.2) is 0 Å². The van der Waals surface area contributed by atoms with E-state index in [1.54, 1.807) is 0 Å². The Hall–Kier alpha value is -2.08. The number of amides is 1. The second-order valence-electron chi connectivity index (χ2n) is 6.18. The number of hydrogen-bond donors (Lipinski definition) is 0. The Labute approximate surface area is 152 Å². The van der Waals surface area contributed by atoms with Crippen LogP contribution < -0.4 is 4.90 Å². The Kier molecular flexibility index (Phi) is 5.91. The van der Waals surface area contributed by atoms with Crippen molar-refractivity contribution in [2.75, 3.05) is 31.1 Å². The monoisotopic (exact) mass is 362 g/mol. The van der Waals surface area contributed by atoms with Gasteiger partial charge in [0.05, 0.1) is 0 Å². The predicted octanol–water partition coefficient (Wildman–Crippen LogP) is 2.96. The highest BCUT2D eigenvalue weighted by molar-refractivity contribution is 6.30. The molecule has 2 aromatic rings. The number of hydrogen-bond acceptors (Lipinski definition) is 5. The maximum Gasteiger partial charge on any atom is 0.318 e. The molecule has 1 aromatic carbocycles. The summed E-state index contributed by atoms with van der Waals surface area (Å²) in [6.07, 6.45) is 3.05. The number of halogens is 1. The molecular weight excluding hydrogens is 340 g/mol. The van der Waals surface area contributed by atoms with E-state index in [9.17, 15) is 4.79 Å². The molecule has 134 valence electrons. The number of rotatable bonds is 6. The lowest BCUT2D eigenvalue weighted by molar-refractivity contribution is -0.131. The first-order valence-electron chi connectivity index (χ1n) is 8.75. The number of carbonyl (C=O) groups excluding carboxylic acids is 1. The van der Waals surface area contributed by atoms with Gasteiger partial charge in [-0.1, -0.05) is 35.8 Å². The van der Waals surface area contributed by atoms with E-state index in [0.29, 0.717) is 31.4 Å². The van der Waals surface area contributed by atoms with Crippen LogP contribution in [0.25, 0.3) is 0 Å². The van der Waals surface area contributed by atoms with Crippen LogP contribution in [0.1, 0.15) is 31.2 Å². The molecule has 1 saturated heterocycles. The van der Waals surface area contributed by atoms with Gasteiger partial charge in [-0.15, -0.1) is 5.10 Å². The van der Waals surface area contributed by atoms with E-state index in [1.807, 2.05) is 41.0 Å². The summed E-state index contributed by atoms with van der Waals surface area (Å²) in [5, 5.41) is 8.80. The fourth-order valence-electron chi connectivity index (χ4n) is 2.92. The third-order valence-corrected chi connectivity index (χ3v) is 4.68. The molecule has 6 nitrogen and oxygen atoms in total. The number of anilines is 1. The fraction of sp³-hybridized carbons (Fsp3) is 0.500. The van der Waals surface area contributed by atoms with E-state index >= 15 is 0 Å². The van der Waals surface area contributed by atoms with Crippen molar-refractivity contribution in [1.29, 1.82) is 0 Å². The van der Waals surface area contributed by atoms with Crippen molar-refractivity contribution in [3.05, 3.63) is 40.7 Å². The molecule has 0 bridgehead atoms. The number of aryl methyl sites for hydroxylation is 2. The van der Waals surface area contributed by atoms with E-state index in [-0.39, 0.29) is 5.91 Å². The molecule has 1 aliphatic rings. The van der Waals surface area contributed by atoms with Crippen LogP contribution >= 0.6 is 11.6 Å². The Balaban J connectivity index is 1.41. The maximum absolute atomic E-state index is 12.4. The normalized spacial score (nSPS) is 14.8. The first-order valence-corrected chi connectivity index (χ1v) is 9.13. The summed E-state index contributed by atoms with van der Waals surface area (Å²) in [6.45, 7) is 4.84. The van der Waals surface area contributed by atoms with Crippen LogP contribution in [0.5, 0.6) is 0 Å². The fourth-order valence-corrected chi connectivity index (χ4v) is 3.04. The molecule has 1 aromatic heterocycles. The van der Waals surface area contributed by atoms with Crippen molar-refractivity contribution in [3.63, 3.8) is 0 Å². The van der Waals surface area contributed by atoms with E-state index in [4.69, 9.17) is 16.0 Å². The van der Waals surface area contributed by atoms with Gasteiger partial charge in [-0.05, 0) is 30.5 Å². The molecule has 3 rings (SSSR count). The molecule has 0 spiro atoms. The minimum Gasteiger partial charge on any atom is -0.408 e. The van der Waals surface area contributed by atoms with Crippen molar-refractivity contribution in [2.45, 2.75) is 32.6 Å². The van der Waals surface area contributed by atoms with E-state index < -0.39 is 0 Å². The van der Waals surface area contributed by atoms with Crippen molar-refractivity contribution in [2.24, 2.45) is 0 Å². The molecular formula is C18H23ClN4O2. The maximum atomic E-state index is 12.4. The average molecular weight is 363 g/mol. The van der Waals surface area contributed by atoms with Gasteiger partial charge >= 0.3 is 6.01 Å². The summed E-state index contributed by atoms with van der Waals surface area (Å²) in [5.41, 5.74) is 1.21. The number of benzene rings is 1. The van der Waals surface area contributed by atoms with Crippen LogP contribution in [-0.2, 0) is 17.6 Å². The Morgan fingerprint density at radius 1 is 1.16 bits per heavy atom. The number of carbonyl (C=O) groups is 1. The van der Waals surface area contributed by atoms with Gasteiger partial charge in [0, 0.05) is 44.0 Å². The second-order valence-corrected chi connectivity index (χ2v) is 6.62. The van der Waals surface area contributed by atoms with Crippen LogP contribution in [0.2, 0.25) is 5.02 Å². The minimum atomic E-state index is 0.216. The third-order valence-electron chi connectivity index (χ3n) is 4.43. The van der Waals surface area contributed by atoms with Gasteiger partial charge in [-0.25, -0.2) is 0 Å². The lowest BCUT2D eigenvalue weighted by Gasteiger charge is -2.33. The van der Waals surface area contributed by atoms with E-state index in [2.05, 4.69) is 10.2 Å². The SMILES string of the molecule is CCc1nnc(N2CCN(C(=O)CCCc3ccc(Cl)cc3)CC2)o1. The standard InChI is InChI=1S/C18H23ClN4O2/c1-2-16-20-21-18(25-16)23-12-10-22(11-13-23)17(24)5-3-4-14-6-8-15(19)9-7-14/h6-9H,2-5,10-13H2,1H3. The quantitative estimate of drug-likeness (QED) is 0.790. The van der Waals surface area contributed by atoms with Crippen molar-refractivity contribution >= 4 is 23.5 Å². The molecule has 0 N–H and O–H groups in total. The van der Waals surface area contributed by atoms with Crippen LogP contribution in [0.15, 0.2) is 28.7 Å². The zero-order valence-corrected chi connectivity index (χ0v) is 15.2. The molecule has 2 heterocycles. The van der Waals surface area contributed by atoms with Gasteiger partial charge in [-0.2, -0.15) is 0 Å². The molecule has 0 unspecified atom stereocenters. The number of aromatic nitrogens is 2. The van der Waals surface area contributed by atoms with Crippen LogP contribution in [0, 0.1) is 0 Å². The summed E-state index contributed by atoms with van der Waals surface area (Å²) in [4.78, 5) is 16.3. The number of piperazine rings is 1. The van der Waals surface area contributed by atoms with Crippen LogP contribution in [0.3, 0.4) is 0 Å². The Morgan fingerprint density at radius 3 is 2.52 bits per heavy atom. The van der Waals surface area contributed by atoms with Crippen LogP contribution in [-0.4, -0.2) is 47.2 Å². The molecule has 25 heavy (non-hydrogen) atoms. The van der Waals surface area contributed by atoms with Crippen molar-refractivity contribution < 1.29 is 9.21 Å². The highest BCUT2D eigenvalue weighted by Gasteiger charge is 2.23. The van der Waals surface area contributed by atoms with Crippen LogP contribution in [0.4, 0.5) is 6.01 Å². The summed E-state index contributed by atoms with van der Waals surface area (Å²) in [6, 6.07) is 8.37. The molecule has 0 atom stereocenters. The highest BCUT2D eigenvalue weighted by atomic mass is 35.5. The Morgan fingerprint density at radius 2 is 1.88 bits per heavy atom. The minimum absolute atomic E-state index is 0.216. The predicted molar refractivity (Wildman–Crippen MR) is 96.9 cm³/mol. The zero-order valence-electron chi connectivity index (χ0n) is 14.4. The van der Waals surface area contributed by atoms with Crippen molar-refractivity contribution in [1.82, 2.24) is 15.1 Å². The topological polar surface area (TPSA) is 62.5 Å². The second kappa shape index (κ2) is 8.34. The molecule has 1 fully saturated rings. The summed E-state index contributed by atoms with van der Waals surface area (Å²) in [7, 11) is 0.